The molecule has 4 aromatic rings. The maximum atomic E-state index is 4.70. The van der Waals surface area contributed by atoms with E-state index in [1.165, 1.54) is 0 Å². The molecule has 0 saturated heterocycles. The van der Waals surface area contributed by atoms with Crippen molar-refractivity contribution in [2.45, 2.75) is 6.54 Å². The number of nitrogens with zero attached hydrogens (tertiary/aromatic N) is 4. The first-order valence-corrected chi connectivity index (χ1v) is 7.43. The van der Waals surface area contributed by atoms with Crippen LogP contribution in [0.3, 0.4) is 0 Å². The molecule has 0 aliphatic heterocycles. The van der Waals surface area contributed by atoms with Gasteiger partial charge in [-0.2, -0.15) is 5.10 Å². The molecule has 0 fully saturated rings. The standard InChI is InChI=1S/C18H15N5/c1-2-6-15(7-3-1)16-13-21-23-10-8-17(22-18(16)23)20-12-14-5-4-9-19-11-14/h1-11,13H,12H2,(H,20,22). The van der Waals surface area contributed by atoms with Gasteiger partial charge in [-0.05, 0) is 23.3 Å². The molecule has 0 radical (unpaired) electrons. The minimum absolute atomic E-state index is 0.686. The number of fused-ring (bicyclic) bond motifs is 1. The zero-order valence-electron chi connectivity index (χ0n) is 12.4. The molecule has 4 rings (SSSR count). The minimum atomic E-state index is 0.686. The van der Waals surface area contributed by atoms with Crippen molar-refractivity contribution in [2.24, 2.45) is 0 Å². The van der Waals surface area contributed by atoms with Gasteiger partial charge in [0.2, 0.25) is 0 Å². The van der Waals surface area contributed by atoms with Gasteiger partial charge in [0.15, 0.2) is 5.65 Å². The van der Waals surface area contributed by atoms with Crippen molar-refractivity contribution < 1.29 is 0 Å². The lowest BCUT2D eigenvalue weighted by molar-refractivity contribution is 0.936. The highest BCUT2D eigenvalue weighted by Crippen LogP contribution is 2.23. The zero-order valence-corrected chi connectivity index (χ0v) is 12.4. The van der Waals surface area contributed by atoms with Crippen LogP contribution in [0.4, 0.5) is 5.82 Å². The van der Waals surface area contributed by atoms with Gasteiger partial charge in [-0.1, -0.05) is 36.4 Å². The fourth-order valence-electron chi connectivity index (χ4n) is 2.48. The van der Waals surface area contributed by atoms with E-state index in [0.717, 1.165) is 28.2 Å². The van der Waals surface area contributed by atoms with Crippen LogP contribution in [-0.4, -0.2) is 19.6 Å². The molecular weight excluding hydrogens is 286 g/mol. The third kappa shape index (κ3) is 2.76. The molecule has 0 bridgehead atoms. The van der Waals surface area contributed by atoms with E-state index in [9.17, 15) is 0 Å². The Balaban J connectivity index is 1.65. The fraction of sp³-hybridized carbons (Fsp3) is 0.0556. The molecule has 0 aliphatic rings. The Hall–Kier alpha value is -3.21. The summed E-state index contributed by atoms with van der Waals surface area (Å²) in [5.74, 6) is 0.819. The zero-order chi connectivity index (χ0) is 15.5. The van der Waals surface area contributed by atoms with Crippen molar-refractivity contribution in [3.63, 3.8) is 0 Å². The lowest BCUT2D eigenvalue weighted by atomic mass is 10.1. The monoisotopic (exact) mass is 301 g/mol. The van der Waals surface area contributed by atoms with Gasteiger partial charge in [0.05, 0.1) is 6.20 Å². The number of hydrogen-bond donors (Lipinski definition) is 1. The minimum Gasteiger partial charge on any atom is -0.366 e. The van der Waals surface area contributed by atoms with E-state index in [2.05, 4.69) is 27.5 Å². The van der Waals surface area contributed by atoms with Crippen LogP contribution in [0.15, 0.2) is 73.3 Å². The summed E-state index contributed by atoms with van der Waals surface area (Å²) in [5.41, 5.74) is 4.09. The molecule has 3 aromatic heterocycles. The van der Waals surface area contributed by atoms with Gasteiger partial charge in [0.25, 0.3) is 0 Å². The summed E-state index contributed by atoms with van der Waals surface area (Å²) < 4.78 is 1.79. The average Bonchev–Trinajstić information content (AvgIpc) is 3.05. The molecule has 1 N–H and O–H groups in total. The van der Waals surface area contributed by atoms with Crippen LogP contribution in [0.1, 0.15) is 5.56 Å². The molecular formula is C18H15N5. The number of nitrogens with one attached hydrogen (secondary N) is 1. The van der Waals surface area contributed by atoms with E-state index in [1.54, 1.807) is 10.7 Å². The maximum absolute atomic E-state index is 4.70. The Morgan fingerprint density at radius 2 is 1.87 bits per heavy atom. The van der Waals surface area contributed by atoms with Crippen molar-refractivity contribution >= 4 is 11.5 Å². The highest BCUT2D eigenvalue weighted by atomic mass is 15.2. The molecule has 0 aliphatic carbocycles. The van der Waals surface area contributed by atoms with Crippen molar-refractivity contribution in [3.05, 3.63) is 78.9 Å². The summed E-state index contributed by atoms with van der Waals surface area (Å²) in [6, 6.07) is 16.1. The van der Waals surface area contributed by atoms with E-state index < -0.39 is 0 Å². The molecule has 0 unspecified atom stereocenters. The first kappa shape index (κ1) is 13.5. The molecule has 1 aromatic carbocycles. The topological polar surface area (TPSA) is 55.1 Å². The summed E-state index contributed by atoms with van der Waals surface area (Å²) in [4.78, 5) is 8.81. The number of rotatable bonds is 4. The summed E-state index contributed by atoms with van der Waals surface area (Å²) in [6.07, 6.45) is 7.38. The first-order valence-electron chi connectivity index (χ1n) is 7.43. The Morgan fingerprint density at radius 1 is 0.957 bits per heavy atom. The molecule has 0 amide bonds. The second-order valence-corrected chi connectivity index (χ2v) is 5.22. The van der Waals surface area contributed by atoms with Crippen molar-refractivity contribution in [1.29, 1.82) is 0 Å². The molecule has 5 nitrogen and oxygen atoms in total. The molecule has 5 heteroatoms. The van der Waals surface area contributed by atoms with E-state index in [1.807, 2.05) is 55.0 Å². The Bertz CT molecular complexity index is 916. The van der Waals surface area contributed by atoms with Crippen molar-refractivity contribution in [2.75, 3.05) is 5.32 Å². The number of anilines is 1. The average molecular weight is 301 g/mol. The molecule has 3 heterocycles. The third-order valence-corrected chi connectivity index (χ3v) is 3.65. The number of pyridine rings is 1. The van der Waals surface area contributed by atoms with E-state index in [4.69, 9.17) is 4.98 Å². The number of hydrogen-bond acceptors (Lipinski definition) is 4. The summed E-state index contributed by atoms with van der Waals surface area (Å²) in [7, 11) is 0. The predicted molar refractivity (Wildman–Crippen MR) is 90.0 cm³/mol. The smallest absolute Gasteiger partial charge is 0.165 e. The van der Waals surface area contributed by atoms with E-state index in [0.29, 0.717) is 6.54 Å². The van der Waals surface area contributed by atoms with Gasteiger partial charge in [-0.15, -0.1) is 0 Å². The van der Waals surface area contributed by atoms with E-state index in [-0.39, 0.29) is 0 Å². The molecule has 0 spiro atoms. The van der Waals surface area contributed by atoms with Gasteiger partial charge in [-0.3, -0.25) is 4.98 Å². The van der Waals surface area contributed by atoms with Crippen molar-refractivity contribution in [1.82, 2.24) is 19.6 Å². The van der Waals surface area contributed by atoms with Crippen molar-refractivity contribution in [3.8, 4) is 11.1 Å². The number of aromatic nitrogens is 4. The SMILES string of the molecule is c1ccc(-c2cnn3ccc(NCc4cccnc4)nc23)cc1. The third-order valence-electron chi connectivity index (χ3n) is 3.65. The Labute approximate surface area is 133 Å². The van der Waals surface area contributed by atoms with E-state index >= 15 is 0 Å². The molecule has 112 valence electrons. The summed E-state index contributed by atoms with van der Waals surface area (Å²) >= 11 is 0. The normalized spacial score (nSPS) is 10.8. The molecule has 0 atom stereocenters. The summed E-state index contributed by atoms with van der Waals surface area (Å²) in [6.45, 7) is 0.686. The first-order chi connectivity index (χ1) is 11.4. The Kier molecular flexibility index (Phi) is 3.44. The van der Waals surface area contributed by atoms with Gasteiger partial charge >= 0.3 is 0 Å². The fourth-order valence-corrected chi connectivity index (χ4v) is 2.48. The maximum Gasteiger partial charge on any atom is 0.165 e. The van der Waals surface area contributed by atoms with Crippen LogP contribution < -0.4 is 5.32 Å². The van der Waals surface area contributed by atoms with Gasteiger partial charge in [0.1, 0.15) is 5.82 Å². The van der Waals surface area contributed by atoms with Crippen LogP contribution in [0.5, 0.6) is 0 Å². The highest BCUT2D eigenvalue weighted by Gasteiger charge is 2.08. The van der Waals surface area contributed by atoms with Gasteiger partial charge in [-0.25, -0.2) is 9.50 Å². The van der Waals surface area contributed by atoms with Crippen LogP contribution in [-0.2, 0) is 6.54 Å². The summed E-state index contributed by atoms with van der Waals surface area (Å²) in [5, 5.41) is 7.70. The second kappa shape index (κ2) is 5.88. The van der Waals surface area contributed by atoms with Gasteiger partial charge in [0, 0.05) is 30.7 Å². The van der Waals surface area contributed by atoms with Crippen LogP contribution in [0.25, 0.3) is 16.8 Å². The van der Waals surface area contributed by atoms with Crippen LogP contribution >= 0.6 is 0 Å². The largest absolute Gasteiger partial charge is 0.366 e. The predicted octanol–water partition coefficient (Wildman–Crippen LogP) is 3.40. The molecule has 0 saturated carbocycles. The Morgan fingerprint density at radius 3 is 2.70 bits per heavy atom. The highest BCUT2D eigenvalue weighted by molar-refractivity contribution is 5.77. The molecule has 23 heavy (non-hydrogen) atoms. The lowest BCUT2D eigenvalue weighted by Crippen LogP contribution is -2.03. The number of benzene rings is 1. The van der Waals surface area contributed by atoms with Crippen LogP contribution in [0, 0.1) is 0 Å². The van der Waals surface area contributed by atoms with Gasteiger partial charge < -0.3 is 5.32 Å². The second-order valence-electron chi connectivity index (χ2n) is 5.22. The quantitative estimate of drug-likeness (QED) is 0.627. The lowest BCUT2D eigenvalue weighted by Gasteiger charge is -2.06. The van der Waals surface area contributed by atoms with Crippen LogP contribution in [0.2, 0.25) is 0 Å².